The summed E-state index contributed by atoms with van der Waals surface area (Å²) in [5, 5.41) is 9.50. The molecule has 0 atom stereocenters. The van der Waals surface area contributed by atoms with Crippen LogP contribution in [0.3, 0.4) is 0 Å². The van der Waals surface area contributed by atoms with Crippen LogP contribution >= 0.6 is 0 Å². The van der Waals surface area contributed by atoms with Crippen molar-refractivity contribution in [1.82, 2.24) is 4.98 Å². The Balaban J connectivity index is 0.00000541. The van der Waals surface area contributed by atoms with Gasteiger partial charge >= 0.3 is 28.4 Å². The van der Waals surface area contributed by atoms with Crippen molar-refractivity contribution in [2.75, 3.05) is 14.2 Å². The molecule has 49 heavy (non-hydrogen) atoms. The van der Waals surface area contributed by atoms with E-state index in [1.165, 1.54) is 20.3 Å². The molecule has 254 valence electrons. The van der Waals surface area contributed by atoms with Crippen molar-refractivity contribution in [1.29, 1.82) is 0 Å². The molecule has 0 amide bonds. The van der Waals surface area contributed by atoms with Crippen LogP contribution in [0.15, 0.2) is 90.3 Å². The number of ether oxygens (including phenoxy) is 2. The van der Waals surface area contributed by atoms with E-state index < -0.39 is 0 Å². The van der Waals surface area contributed by atoms with Crippen molar-refractivity contribution >= 4 is 52.4 Å². The van der Waals surface area contributed by atoms with Crippen LogP contribution in [0.2, 0.25) is 0 Å². The molecule has 0 N–H and O–H groups in total. The Morgan fingerprint density at radius 3 is 2.18 bits per heavy atom. The monoisotopic (exact) mass is 701 g/mol. The zero-order chi connectivity index (χ0) is 34.7. The number of methoxy groups -OCH3 is 2. The Morgan fingerprint density at radius 1 is 0.898 bits per heavy atom. The number of hydrogen-bond donors (Lipinski definition) is 0. The topological polar surface area (TPSA) is 143 Å². The van der Waals surface area contributed by atoms with E-state index in [9.17, 15) is 19.8 Å². The second-order valence-electron chi connectivity index (χ2n) is 11.8. The Kier molecular flexibility index (Phi) is 11.7. The Hall–Kier alpha value is -4.98. The maximum Gasteiger partial charge on any atom is 2.00 e. The number of aliphatic imine (C=N–C) groups is 3. The van der Waals surface area contributed by atoms with Crippen molar-refractivity contribution in [3.63, 3.8) is 0 Å². The van der Waals surface area contributed by atoms with E-state index >= 15 is 0 Å². The standard InChI is InChI=1S/C38H37N5O5.Ni/c1-8-25-22(4)37-29(19-44)36-23(5)27(12-14-34(46)48-7)32(42-36)18-31-26(11-13-33(45)47-6)21(3)30(41-31)17-24-16-20(2)35(40-24)28(10-9-15-39)38(25)43-37;/h9-10,16-19H,8,11-14H2,1-7H3;/q-2;+2/b28-10-;. The van der Waals surface area contributed by atoms with Crippen LogP contribution in [-0.4, -0.2) is 55.4 Å². The normalized spacial score (nSPS) is 17.5. The molecule has 0 unspecified atom stereocenters. The average Bonchev–Trinajstić information content (AvgIpc) is 3.78. The zero-order valence-corrected chi connectivity index (χ0v) is 29.6. The van der Waals surface area contributed by atoms with Gasteiger partial charge in [-0.15, -0.1) is 11.4 Å². The SMILES string of the molecule is CCc1c2[n-]c(c1C)C(C=O)=C1N=C(C=C3N=C(C=C4C=C(C)C(=N4)/C2=C/C=C=[N-])C(C)=C3CCC(=O)OC)C(CCC(=O)OC)=C1C.[Ni+2]. The first kappa shape index (κ1) is 36.9. The Bertz CT molecular complexity index is 2020. The van der Waals surface area contributed by atoms with Crippen LogP contribution in [0, 0.1) is 6.92 Å². The van der Waals surface area contributed by atoms with Gasteiger partial charge in [0, 0.05) is 18.4 Å². The molecule has 5 rings (SSSR count). The molecule has 0 radical (unpaired) electrons. The van der Waals surface area contributed by atoms with E-state index in [1.807, 2.05) is 52.8 Å². The third-order valence-corrected chi connectivity index (χ3v) is 9.02. The van der Waals surface area contributed by atoms with Gasteiger partial charge in [-0.1, -0.05) is 18.1 Å². The minimum absolute atomic E-state index is 0. The minimum Gasteiger partial charge on any atom is -0.763 e. The summed E-state index contributed by atoms with van der Waals surface area (Å²) < 4.78 is 9.85. The summed E-state index contributed by atoms with van der Waals surface area (Å²) in [4.78, 5) is 57.5. The summed E-state index contributed by atoms with van der Waals surface area (Å²) >= 11 is 0. The molecule has 10 nitrogen and oxygen atoms in total. The van der Waals surface area contributed by atoms with Gasteiger partial charge in [0.2, 0.25) is 0 Å². The van der Waals surface area contributed by atoms with E-state index in [2.05, 4.69) is 5.87 Å². The first-order chi connectivity index (χ1) is 23.1. The second kappa shape index (κ2) is 15.5. The molecule has 8 bridgehead atoms. The number of fused-ring (bicyclic) bond motifs is 5. The van der Waals surface area contributed by atoms with E-state index in [1.54, 1.807) is 6.08 Å². The molecule has 0 spiro atoms. The van der Waals surface area contributed by atoms with Gasteiger partial charge in [0.25, 0.3) is 0 Å². The molecular formula is C38H37N5NiO5. The number of carbonyl (C=O) groups excluding carboxylic acids is 3. The van der Waals surface area contributed by atoms with Gasteiger partial charge < -0.3 is 19.9 Å². The molecule has 5 heterocycles. The maximum atomic E-state index is 13.0. The minimum atomic E-state index is -0.366. The largest absolute Gasteiger partial charge is 2.00 e. The first-order valence-electron chi connectivity index (χ1n) is 15.8. The van der Waals surface area contributed by atoms with Crippen LogP contribution in [0.4, 0.5) is 0 Å². The zero-order valence-electron chi connectivity index (χ0n) is 28.6. The summed E-state index contributed by atoms with van der Waals surface area (Å²) in [6, 6.07) is 0. The van der Waals surface area contributed by atoms with Crippen molar-refractivity contribution < 1.29 is 40.3 Å². The summed E-state index contributed by atoms with van der Waals surface area (Å²) in [6.45, 7) is 9.77. The van der Waals surface area contributed by atoms with Crippen molar-refractivity contribution in [3.05, 3.63) is 103 Å². The quantitative estimate of drug-likeness (QED) is 0.129. The van der Waals surface area contributed by atoms with Gasteiger partial charge in [-0.3, -0.25) is 20.3 Å². The van der Waals surface area contributed by atoms with E-state index in [-0.39, 0.29) is 41.3 Å². The summed E-state index contributed by atoms with van der Waals surface area (Å²) in [5.74, 6) is 1.38. The molecule has 0 aromatic carbocycles. The molecule has 4 aliphatic heterocycles. The number of rotatable bonds is 9. The van der Waals surface area contributed by atoms with Crippen molar-refractivity contribution in [3.8, 4) is 0 Å². The van der Waals surface area contributed by atoms with Gasteiger partial charge in [-0.05, 0) is 111 Å². The predicted molar refractivity (Wildman–Crippen MR) is 188 cm³/mol. The summed E-state index contributed by atoms with van der Waals surface area (Å²) in [6.07, 6.45) is 11.2. The van der Waals surface area contributed by atoms with Gasteiger partial charge in [-0.2, -0.15) is 0 Å². The molecule has 0 fully saturated rings. The number of carbonyl (C=O) groups is 3. The van der Waals surface area contributed by atoms with Crippen molar-refractivity contribution in [2.24, 2.45) is 15.0 Å². The fourth-order valence-electron chi connectivity index (χ4n) is 6.44. The molecule has 1 aromatic heterocycles. The Morgan fingerprint density at radius 2 is 1.57 bits per heavy atom. The second-order valence-corrected chi connectivity index (χ2v) is 11.8. The number of esters is 2. The molecular weight excluding hydrogens is 665 g/mol. The van der Waals surface area contributed by atoms with Crippen LogP contribution < -0.4 is 4.98 Å². The Labute approximate surface area is 296 Å². The van der Waals surface area contributed by atoms with Crippen LogP contribution in [0.5, 0.6) is 0 Å². The van der Waals surface area contributed by atoms with Crippen LogP contribution in [0.25, 0.3) is 16.6 Å². The first-order valence-corrected chi connectivity index (χ1v) is 15.8. The fraction of sp³-hybridized carbons (Fsp3) is 0.316. The van der Waals surface area contributed by atoms with Gasteiger partial charge in [0.1, 0.15) is 0 Å². The molecule has 11 heteroatoms. The molecule has 4 aliphatic rings. The number of hydrogen-bond acceptors (Lipinski definition) is 8. The number of aromatic nitrogens is 1. The third-order valence-electron chi connectivity index (χ3n) is 9.02. The third kappa shape index (κ3) is 7.09. The van der Waals surface area contributed by atoms with Gasteiger partial charge in [0.05, 0.1) is 48.4 Å². The van der Waals surface area contributed by atoms with Crippen LogP contribution in [0.1, 0.15) is 75.9 Å². The fourth-order valence-corrected chi connectivity index (χ4v) is 6.44. The van der Waals surface area contributed by atoms with E-state index in [4.69, 9.17) is 29.4 Å². The molecule has 1 aromatic rings. The number of allylic oxidation sites excluding steroid dienone is 12. The predicted octanol–water partition coefficient (Wildman–Crippen LogP) is 6.23. The van der Waals surface area contributed by atoms with Gasteiger partial charge in [-0.25, -0.2) is 15.0 Å². The number of aldehydes is 1. The maximum absolute atomic E-state index is 13.0. The van der Waals surface area contributed by atoms with E-state index in [0.29, 0.717) is 76.0 Å². The molecule has 0 saturated heterocycles. The summed E-state index contributed by atoms with van der Waals surface area (Å²) in [7, 11) is 2.71. The smallest absolute Gasteiger partial charge is 0.763 e. The van der Waals surface area contributed by atoms with Gasteiger partial charge in [0.15, 0.2) is 6.29 Å². The summed E-state index contributed by atoms with van der Waals surface area (Å²) in [5.41, 5.74) is 11.7. The average molecular weight is 702 g/mol. The van der Waals surface area contributed by atoms with Crippen LogP contribution in [-0.2, 0) is 46.8 Å². The van der Waals surface area contributed by atoms with E-state index in [0.717, 1.165) is 45.3 Å². The van der Waals surface area contributed by atoms with Crippen molar-refractivity contribution in [2.45, 2.75) is 66.7 Å². The number of nitrogens with zero attached hydrogens (tertiary/aromatic N) is 5. The molecule has 0 saturated carbocycles. The molecule has 0 aliphatic carbocycles.